The van der Waals surface area contributed by atoms with Crippen molar-refractivity contribution in [2.75, 3.05) is 6.61 Å². The van der Waals surface area contributed by atoms with E-state index in [-0.39, 0.29) is 17.0 Å². The van der Waals surface area contributed by atoms with Crippen molar-refractivity contribution in [3.05, 3.63) is 64.7 Å². The second-order valence-corrected chi connectivity index (χ2v) is 5.45. The number of rotatable bonds is 2. The summed E-state index contributed by atoms with van der Waals surface area (Å²) in [5.41, 5.74) is 1.39. The van der Waals surface area contributed by atoms with Crippen LogP contribution in [0.15, 0.2) is 36.4 Å². The fourth-order valence-corrected chi connectivity index (χ4v) is 2.90. The molecule has 0 saturated heterocycles. The third-order valence-corrected chi connectivity index (χ3v) is 4.20. The Labute approximate surface area is 121 Å². The van der Waals surface area contributed by atoms with Crippen LogP contribution in [0.5, 0.6) is 5.75 Å². The third kappa shape index (κ3) is 2.16. The summed E-state index contributed by atoms with van der Waals surface area (Å²) in [5, 5.41) is -0.659. The maximum absolute atomic E-state index is 14.0. The summed E-state index contributed by atoms with van der Waals surface area (Å²) >= 11 is 6.38. The number of para-hydroxylation sites is 1. The van der Waals surface area contributed by atoms with Gasteiger partial charge in [-0.15, -0.1) is 11.6 Å². The maximum atomic E-state index is 14.0. The zero-order valence-corrected chi connectivity index (χ0v) is 11.6. The molecule has 2 unspecified atom stereocenters. The Balaban J connectivity index is 1.98. The van der Waals surface area contributed by atoms with Gasteiger partial charge >= 0.3 is 0 Å². The summed E-state index contributed by atoms with van der Waals surface area (Å²) in [5.74, 6) is -0.340. The van der Waals surface area contributed by atoms with Crippen LogP contribution >= 0.6 is 11.6 Å². The van der Waals surface area contributed by atoms with Gasteiger partial charge in [-0.2, -0.15) is 0 Å². The van der Waals surface area contributed by atoms with E-state index >= 15 is 0 Å². The van der Waals surface area contributed by atoms with Crippen molar-refractivity contribution < 1.29 is 13.5 Å². The van der Waals surface area contributed by atoms with Gasteiger partial charge in [0.2, 0.25) is 0 Å². The highest BCUT2D eigenvalue weighted by atomic mass is 35.5. The van der Waals surface area contributed by atoms with Crippen LogP contribution in [0.4, 0.5) is 8.78 Å². The Bertz CT molecular complexity index is 657. The second kappa shape index (κ2) is 5.06. The molecule has 1 aliphatic heterocycles. The number of ether oxygens (including phenoxy) is 1. The molecule has 1 nitrogen and oxygen atoms in total. The van der Waals surface area contributed by atoms with Gasteiger partial charge in [-0.05, 0) is 30.7 Å². The molecule has 20 heavy (non-hydrogen) atoms. The molecule has 0 amide bonds. The number of halogens is 3. The lowest BCUT2D eigenvalue weighted by atomic mass is 9.92. The van der Waals surface area contributed by atoms with Crippen LogP contribution in [0.25, 0.3) is 0 Å². The molecule has 4 heteroatoms. The highest BCUT2D eigenvalue weighted by Crippen LogP contribution is 2.45. The zero-order valence-electron chi connectivity index (χ0n) is 10.9. The standard InChI is InChI=1S/C16H13ClF2O/c1-9-6-14(19)11(7-13(9)18)16(17)12-8-20-15-5-3-2-4-10(12)15/h2-7,12,16H,8H2,1H3. The number of fused-ring (bicyclic) bond motifs is 1. The first-order chi connectivity index (χ1) is 9.58. The Hall–Kier alpha value is -1.61. The minimum Gasteiger partial charge on any atom is -0.493 e. The van der Waals surface area contributed by atoms with Crippen molar-refractivity contribution >= 4 is 11.6 Å². The van der Waals surface area contributed by atoms with Crippen LogP contribution in [0, 0.1) is 18.6 Å². The van der Waals surface area contributed by atoms with Gasteiger partial charge in [-0.3, -0.25) is 0 Å². The van der Waals surface area contributed by atoms with E-state index in [0.717, 1.165) is 11.3 Å². The molecule has 0 radical (unpaired) electrons. The minimum atomic E-state index is -0.659. The van der Waals surface area contributed by atoms with E-state index in [1.165, 1.54) is 19.1 Å². The molecule has 0 spiro atoms. The van der Waals surface area contributed by atoms with Crippen molar-refractivity contribution in [3.63, 3.8) is 0 Å². The van der Waals surface area contributed by atoms with Gasteiger partial charge in [-0.25, -0.2) is 8.78 Å². The summed E-state index contributed by atoms with van der Waals surface area (Å²) in [6, 6.07) is 9.88. The lowest BCUT2D eigenvalue weighted by Crippen LogP contribution is -2.10. The molecule has 0 N–H and O–H groups in total. The largest absolute Gasteiger partial charge is 0.493 e. The fourth-order valence-electron chi connectivity index (χ4n) is 2.52. The van der Waals surface area contributed by atoms with Crippen LogP contribution in [-0.2, 0) is 0 Å². The third-order valence-electron chi connectivity index (χ3n) is 3.67. The molecule has 0 aliphatic carbocycles. The molecular weight excluding hydrogens is 282 g/mol. The Morgan fingerprint density at radius 1 is 1.20 bits per heavy atom. The first-order valence-electron chi connectivity index (χ1n) is 6.39. The summed E-state index contributed by atoms with van der Waals surface area (Å²) < 4.78 is 33.2. The summed E-state index contributed by atoms with van der Waals surface area (Å²) in [7, 11) is 0. The molecule has 2 aromatic carbocycles. The number of benzene rings is 2. The first-order valence-corrected chi connectivity index (χ1v) is 6.83. The molecular formula is C16H13ClF2O. The van der Waals surface area contributed by atoms with Crippen LogP contribution in [0.1, 0.15) is 28.0 Å². The summed E-state index contributed by atoms with van der Waals surface area (Å²) in [6.07, 6.45) is 0. The molecule has 3 rings (SSSR count). The van der Waals surface area contributed by atoms with Crippen molar-refractivity contribution in [1.29, 1.82) is 0 Å². The molecule has 0 saturated carbocycles. The molecule has 2 aromatic rings. The zero-order chi connectivity index (χ0) is 14.3. The van der Waals surface area contributed by atoms with Gasteiger partial charge in [0.25, 0.3) is 0 Å². The van der Waals surface area contributed by atoms with Gasteiger partial charge in [0.1, 0.15) is 17.4 Å². The number of hydrogen-bond acceptors (Lipinski definition) is 1. The topological polar surface area (TPSA) is 9.23 Å². The van der Waals surface area contributed by atoms with Crippen LogP contribution < -0.4 is 4.74 Å². The van der Waals surface area contributed by atoms with E-state index < -0.39 is 17.0 Å². The van der Waals surface area contributed by atoms with E-state index in [1.54, 1.807) is 0 Å². The van der Waals surface area contributed by atoms with Gasteiger partial charge < -0.3 is 4.74 Å². The Morgan fingerprint density at radius 3 is 2.75 bits per heavy atom. The average Bonchev–Trinajstić information content (AvgIpc) is 2.86. The number of hydrogen-bond donors (Lipinski definition) is 0. The predicted molar refractivity (Wildman–Crippen MR) is 74.4 cm³/mol. The molecule has 2 atom stereocenters. The van der Waals surface area contributed by atoms with E-state index in [0.29, 0.717) is 6.61 Å². The smallest absolute Gasteiger partial charge is 0.128 e. The van der Waals surface area contributed by atoms with Gasteiger partial charge in [0, 0.05) is 17.0 Å². The van der Waals surface area contributed by atoms with Gasteiger partial charge in [-0.1, -0.05) is 18.2 Å². The van der Waals surface area contributed by atoms with Crippen molar-refractivity contribution in [1.82, 2.24) is 0 Å². The van der Waals surface area contributed by atoms with Crippen molar-refractivity contribution in [3.8, 4) is 5.75 Å². The average molecular weight is 295 g/mol. The normalized spacial score (nSPS) is 18.5. The second-order valence-electron chi connectivity index (χ2n) is 4.98. The van der Waals surface area contributed by atoms with Crippen molar-refractivity contribution in [2.45, 2.75) is 18.2 Å². The van der Waals surface area contributed by atoms with E-state index in [4.69, 9.17) is 16.3 Å². The van der Waals surface area contributed by atoms with Crippen molar-refractivity contribution in [2.24, 2.45) is 0 Å². The lowest BCUT2D eigenvalue weighted by Gasteiger charge is -2.18. The Morgan fingerprint density at radius 2 is 1.95 bits per heavy atom. The molecule has 1 heterocycles. The summed E-state index contributed by atoms with van der Waals surface area (Å²) in [6.45, 7) is 1.90. The molecule has 0 fully saturated rings. The lowest BCUT2D eigenvalue weighted by molar-refractivity contribution is 0.326. The SMILES string of the molecule is Cc1cc(F)c(C(Cl)C2COc3ccccc32)cc1F. The molecule has 1 aliphatic rings. The number of aryl methyl sites for hydroxylation is 1. The van der Waals surface area contributed by atoms with E-state index in [2.05, 4.69) is 0 Å². The van der Waals surface area contributed by atoms with Crippen LogP contribution in [-0.4, -0.2) is 6.61 Å². The number of alkyl halides is 1. The van der Waals surface area contributed by atoms with Gasteiger partial charge in [0.15, 0.2) is 0 Å². The maximum Gasteiger partial charge on any atom is 0.128 e. The fraction of sp³-hybridized carbons (Fsp3) is 0.250. The molecule has 0 bridgehead atoms. The minimum absolute atomic E-state index is 0.176. The molecule has 104 valence electrons. The molecule has 0 aromatic heterocycles. The Kier molecular flexibility index (Phi) is 3.38. The van der Waals surface area contributed by atoms with Gasteiger partial charge in [0.05, 0.1) is 12.0 Å². The summed E-state index contributed by atoms with van der Waals surface area (Å²) in [4.78, 5) is 0. The highest BCUT2D eigenvalue weighted by Gasteiger charge is 2.32. The van der Waals surface area contributed by atoms with E-state index in [1.807, 2.05) is 24.3 Å². The van der Waals surface area contributed by atoms with Crippen LogP contribution in [0.2, 0.25) is 0 Å². The van der Waals surface area contributed by atoms with E-state index in [9.17, 15) is 8.78 Å². The highest BCUT2D eigenvalue weighted by molar-refractivity contribution is 6.21. The van der Waals surface area contributed by atoms with Crippen LogP contribution in [0.3, 0.4) is 0 Å². The monoisotopic (exact) mass is 294 g/mol. The quantitative estimate of drug-likeness (QED) is 0.728. The first kappa shape index (κ1) is 13.4. The predicted octanol–water partition coefficient (Wildman–Crippen LogP) is 4.73.